The zero-order valence-corrected chi connectivity index (χ0v) is 19.1. The highest BCUT2D eigenvalue weighted by molar-refractivity contribution is 5.83. The number of unbranched alkanes of at least 4 members (excludes halogenated alkanes) is 1. The molecule has 1 saturated heterocycles. The molecule has 0 amide bonds. The van der Waals surface area contributed by atoms with E-state index >= 15 is 0 Å². The number of rotatable bonds is 9. The fourth-order valence-corrected chi connectivity index (χ4v) is 4.54. The molecule has 1 unspecified atom stereocenters. The zero-order valence-electron chi connectivity index (χ0n) is 19.1. The van der Waals surface area contributed by atoms with E-state index in [0.717, 1.165) is 62.1 Å². The van der Waals surface area contributed by atoms with E-state index in [1.165, 1.54) is 24.0 Å². The average Bonchev–Trinajstić information content (AvgIpc) is 3.24. The highest BCUT2D eigenvalue weighted by Crippen LogP contribution is 2.40. The van der Waals surface area contributed by atoms with Gasteiger partial charge in [0.25, 0.3) is 0 Å². The molecule has 3 aliphatic rings. The predicted octanol–water partition coefficient (Wildman–Crippen LogP) is 5.06. The summed E-state index contributed by atoms with van der Waals surface area (Å²) in [4.78, 5) is 14.8. The third-order valence-electron chi connectivity index (χ3n) is 6.21. The summed E-state index contributed by atoms with van der Waals surface area (Å²) >= 11 is 0. The number of methoxy groups -OCH3 is 1. The number of ether oxygens (including phenoxy) is 3. The van der Waals surface area contributed by atoms with Crippen LogP contribution in [-0.2, 0) is 14.3 Å². The lowest BCUT2D eigenvalue weighted by Gasteiger charge is -2.31. The fraction of sp³-hybridized carbons (Fsp3) is 0.444. The number of nitrogens with zero attached hydrogens (tertiary/aromatic N) is 1. The van der Waals surface area contributed by atoms with Crippen LogP contribution >= 0.6 is 0 Å². The van der Waals surface area contributed by atoms with Crippen molar-refractivity contribution in [3.05, 3.63) is 71.0 Å². The molecule has 5 heteroatoms. The molecule has 0 bridgehead atoms. The summed E-state index contributed by atoms with van der Waals surface area (Å²) in [6, 6.07) is 7.76. The fourth-order valence-electron chi connectivity index (χ4n) is 4.54. The molecule has 0 radical (unpaired) electrons. The van der Waals surface area contributed by atoms with Gasteiger partial charge in [-0.3, -0.25) is 0 Å². The maximum atomic E-state index is 12.6. The third kappa shape index (κ3) is 4.99. The summed E-state index contributed by atoms with van der Waals surface area (Å²) in [5.41, 5.74) is 6.08. The Kier molecular flexibility index (Phi) is 7.48. The van der Waals surface area contributed by atoms with Crippen LogP contribution in [0.15, 0.2) is 65.4 Å². The standard InChI is InChI=1S/C27H33NO4/c1-3-4-16-31-17-18-32-24-11-8-20(9-12-24)22-10-13-25(27(29)30-2)28-15-14-21-6-5-7-23(19-22)26(21)28/h6,8-13,19,25H,3-5,7,14-18H2,1-2H3. The molecule has 32 heavy (non-hydrogen) atoms. The number of benzene rings is 1. The average molecular weight is 436 g/mol. The van der Waals surface area contributed by atoms with Crippen molar-refractivity contribution in [2.45, 2.75) is 45.1 Å². The second-order valence-corrected chi connectivity index (χ2v) is 8.35. The van der Waals surface area contributed by atoms with Gasteiger partial charge < -0.3 is 19.1 Å². The van der Waals surface area contributed by atoms with Gasteiger partial charge in [-0.2, -0.15) is 0 Å². The summed E-state index contributed by atoms with van der Waals surface area (Å²) in [7, 11) is 1.46. The Hall–Kier alpha value is -2.79. The topological polar surface area (TPSA) is 48.0 Å². The minimum absolute atomic E-state index is 0.217. The van der Waals surface area contributed by atoms with E-state index < -0.39 is 6.04 Å². The predicted molar refractivity (Wildman–Crippen MR) is 126 cm³/mol. The molecule has 1 aromatic rings. The molecule has 1 aromatic carbocycles. The van der Waals surface area contributed by atoms with Crippen molar-refractivity contribution in [1.82, 2.24) is 4.90 Å². The Labute approximate surface area is 191 Å². The second kappa shape index (κ2) is 10.7. The smallest absolute Gasteiger partial charge is 0.332 e. The normalized spacial score (nSPS) is 19.7. The van der Waals surface area contributed by atoms with Crippen LogP contribution in [0, 0.1) is 0 Å². The van der Waals surface area contributed by atoms with Crippen LogP contribution in [0.5, 0.6) is 5.75 Å². The van der Waals surface area contributed by atoms with Gasteiger partial charge in [-0.15, -0.1) is 0 Å². The zero-order chi connectivity index (χ0) is 22.3. The summed E-state index contributed by atoms with van der Waals surface area (Å²) in [5.74, 6) is 0.619. The number of carbonyl (C=O) groups excluding carboxylic acids is 1. The summed E-state index contributed by atoms with van der Waals surface area (Å²) in [6.45, 7) is 4.95. The van der Waals surface area contributed by atoms with Gasteiger partial charge in [0.05, 0.1) is 13.7 Å². The minimum atomic E-state index is -0.395. The van der Waals surface area contributed by atoms with Crippen LogP contribution in [0.2, 0.25) is 0 Å². The van der Waals surface area contributed by atoms with Crippen LogP contribution < -0.4 is 4.74 Å². The van der Waals surface area contributed by atoms with Crippen LogP contribution in [0.3, 0.4) is 0 Å². The monoisotopic (exact) mass is 435 g/mol. The highest BCUT2D eigenvalue weighted by atomic mass is 16.5. The van der Waals surface area contributed by atoms with Gasteiger partial charge in [0.15, 0.2) is 0 Å². The van der Waals surface area contributed by atoms with Gasteiger partial charge in [0.1, 0.15) is 18.4 Å². The molecule has 170 valence electrons. The molecule has 1 atom stereocenters. The Balaban J connectivity index is 1.53. The van der Waals surface area contributed by atoms with E-state index in [9.17, 15) is 4.79 Å². The number of carbonyl (C=O) groups is 1. The van der Waals surface area contributed by atoms with Gasteiger partial charge in [0, 0.05) is 18.8 Å². The molecule has 0 aromatic heterocycles. The van der Waals surface area contributed by atoms with Gasteiger partial charge in [-0.05, 0) is 66.2 Å². The van der Waals surface area contributed by atoms with Gasteiger partial charge >= 0.3 is 5.97 Å². The molecule has 5 nitrogen and oxygen atoms in total. The van der Waals surface area contributed by atoms with Gasteiger partial charge in [-0.1, -0.05) is 43.7 Å². The number of esters is 1. The summed E-state index contributed by atoms with van der Waals surface area (Å²) in [5, 5.41) is 0. The van der Waals surface area contributed by atoms with Crippen LogP contribution in [0.4, 0.5) is 0 Å². The van der Waals surface area contributed by atoms with Gasteiger partial charge in [0.2, 0.25) is 0 Å². The maximum Gasteiger partial charge on any atom is 0.332 e. The molecule has 0 N–H and O–H groups in total. The van der Waals surface area contributed by atoms with E-state index in [-0.39, 0.29) is 5.97 Å². The number of hydrogen-bond donors (Lipinski definition) is 0. The Bertz CT molecular complexity index is 939. The molecule has 1 aliphatic carbocycles. The number of allylic oxidation sites excluding steroid dienone is 6. The van der Waals surface area contributed by atoms with Crippen molar-refractivity contribution >= 4 is 11.5 Å². The third-order valence-corrected chi connectivity index (χ3v) is 6.21. The van der Waals surface area contributed by atoms with Crippen LogP contribution in [-0.4, -0.2) is 50.4 Å². The first-order valence-corrected chi connectivity index (χ1v) is 11.7. The molecule has 0 saturated carbocycles. The largest absolute Gasteiger partial charge is 0.491 e. The van der Waals surface area contributed by atoms with E-state index in [2.05, 4.69) is 42.2 Å². The Morgan fingerprint density at radius 3 is 2.75 bits per heavy atom. The molecular formula is C27H33NO4. The van der Waals surface area contributed by atoms with E-state index in [0.29, 0.717) is 13.2 Å². The molecule has 1 fully saturated rings. The first kappa shape index (κ1) is 22.4. The lowest BCUT2D eigenvalue weighted by molar-refractivity contribution is -0.144. The lowest BCUT2D eigenvalue weighted by atomic mass is 9.91. The number of hydrogen-bond acceptors (Lipinski definition) is 5. The SMILES string of the molecule is CCCCOCCOc1ccc(C2=CC3=C4C(=CCC3)CCN4C(C(=O)OC)C=C2)cc1. The Morgan fingerprint density at radius 2 is 1.97 bits per heavy atom. The summed E-state index contributed by atoms with van der Waals surface area (Å²) < 4.78 is 16.5. The molecule has 2 aliphatic heterocycles. The molecular weight excluding hydrogens is 402 g/mol. The quantitative estimate of drug-likeness (QED) is 0.401. The maximum absolute atomic E-state index is 12.6. The molecule has 4 rings (SSSR count). The highest BCUT2D eigenvalue weighted by Gasteiger charge is 2.35. The van der Waals surface area contributed by atoms with Crippen LogP contribution in [0.25, 0.3) is 5.57 Å². The van der Waals surface area contributed by atoms with Gasteiger partial charge in [-0.25, -0.2) is 4.79 Å². The van der Waals surface area contributed by atoms with Crippen molar-refractivity contribution in [2.75, 3.05) is 33.5 Å². The van der Waals surface area contributed by atoms with Crippen molar-refractivity contribution in [3.63, 3.8) is 0 Å². The molecule has 0 spiro atoms. The van der Waals surface area contributed by atoms with Crippen molar-refractivity contribution in [3.8, 4) is 5.75 Å². The molecule has 2 heterocycles. The van der Waals surface area contributed by atoms with E-state index in [1.54, 1.807) is 0 Å². The first-order valence-electron chi connectivity index (χ1n) is 11.7. The van der Waals surface area contributed by atoms with Crippen molar-refractivity contribution in [2.24, 2.45) is 0 Å². The van der Waals surface area contributed by atoms with Crippen molar-refractivity contribution in [1.29, 1.82) is 0 Å². The van der Waals surface area contributed by atoms with Crippen LogP contribution in [0.1, 0.15) is 44.6 Å². The first-order chi connectivity index (χ1) is 15.7. The van der Waals surface area contributed by atoms with E-state index in [1.807, 2.05) is 18.2 Å². The Morgan fingerprint density at radius 1 is 1.12 bits per heavy atom. The lowest BCUT2D eigenvalue weighted by Crippen LogP contribution is -2.38. The van der Waals surface area contributed by atoms with E-state index in [4.69, 9.17) is 14.2 Å². The van der Waals surface area contributed by atoms with Crippen molar-refractivity contribution < 1.29 is 19.0 Å². The summed E-state index contributed by atoms with van der Waals surface area (Å²) in [6.07, 6.45) is 13.9. The minimum Gasteiger partial charge on any atom is -0.491 e. The second-order valence-electron chi connectivity index (χ2n) is 8.35.